The van der Waals surface area contributed by atoms with Crippen LogP contribution in [-0.4, -0.2) is 4.98 Å². The molecule has 0 saturated heterocycles. The van der Waals surface area contributed by atoms with Gasteiger partial charge in [0.05, 0.1) is 10.9 Å². The van der Waals surface area contributed by atoms with Crippen molar-refractivity contribution in [2.75, 3.05) is 0 Å². The molecule has 1 heterocycles. The largest absolute Gasteiger partial charge is 0.469 e. The summed E-state index contributed by atoms with van der Waals surface area (Å²) in [5.74, 6) is -1.51. The molecule has 0 aliphatic rings. The lowest BCUT2D eigenvalue weighted by atomic mass is 10.1. The summed E-state index contributed by atoms with van der Waals surface area (Å²) >= 11 is 0. The van der Waals surface area contributed by atoms with Gasteiger partial charge in [0.1, 0.15) is 0 Å². The van der Waals surface area contributed by atoms with Gasteiger partial charge < -0.3 is 4.42 Å². The van der Waals surface area contributed by atoms with Crippen LogP contribution in [0, 0.1) is 13.8 Å². The standard InChI is InChI=1S/C11H8F3NO2/c1-5-3-4-7-8(6(5)2)15-10(11(12,13)14)17-9(7)16/h3-4H,1-2H3. The van der Waals surface area contributed by atoms with E-state index in [0.717, 1.165) is 5.56 Å². The summed E-state index contributed by atoms with van der Waals surface area (Å²) in [5.41, 5.74) is 0.323. The number of nitrogens with zero attached hydrogens (tertiary/aromatic N) is 1. The van der Waals surface area contributed by atoms with Crippen molar-refractivity contribution < 1.29 is 17.6 Å². The van der Waals surface area contributed by atoms with Gasteiger partial charge in [-0.1, -0.05) is 6.07 Å². The number of aromatic nitrogens is 1. The molecule has 0 aliphatic heterocycles. The molecule has 1 aromatic carbocycles. The molecule has 6 heteroatoms. The molecule has 0 amide bonds. The van der Waals surface area contributed by atoms with Crippen molar-refractivity contribution in [2.45, 2.75) is 20.0 Å². The summed E-state index contributed by atoms with van der Waals surface area (Å²) in [5, 5.41) is 0.0566. The van der Waals surface area contributed by atoms with E-state index in [4.69, 9.17) is 0 Å². The van der Waals surface area contributed by atoms with Crippen molar-refractivity contribution in [2.24, 2.45) is 0 Å². The van der Waals surface area contributed by atoms with Gasteiger partial charge in [0.25, 0.3) is 0 Å². The van der Waals surface area contributed by atoms with Gasteiger partial charge in [-0.05, 0) is 31.0 Å². The molecule has 0 fully saturated rings. The number of benzene rings is 1. The molecule has 0 atom stereocenters. The molecule has 3 nitrogen and oxygen atoms in total. The first kappa shape index (κ1) is 11.6. The first-order valence-corrected chi connectivity index (χ1v) is 4.79. The molecule has 1 aromatic heterocycles. The molecule has 0 N–H and O–H groups in total. The van der Waals surface area contributed by atoms with Gasteiger partial charge in [-0.2, -0.15) is 13.2 Å². The Hall–Kier alpha value is -1.85. The van der Waals surface area contributed by atoms with Crippen LogP contribution >= 0.6 is 0 Å². The van der Waals surface area contributed by atoms with Gasteiger partial charge in [0.15, 0.2) is 0 Å². The highest BCUT2D eigenvalue weighted by molar-refractivity contribution is 5.81. The van der Waals surface area contributed by atoms with Crippen LogP contribution in [0.15, 0.2) is 21.3 Å². The van der Waals surface area contributed by atoms with Crippen LogP contribution in [0.5, 0.6) is 0 Å². The fourth-order valence-corrected chi connectivity index (χ4v) is 1.50. The molecule has 0 spiro atoms. The molecule has 90 valence electrons. The third-order valence-corrected chi connectivity index (χ3v) is 2.57. The first-order valence-electron chi connectivity index (χ1n) is 4.79. The summed E-state index contributed by atoms with van der Waals surface area (Å²) in [7, 11) is 0. The number of hydrogen-bond acceptors (Lipinski definition) is 3. The zero-order valence-corrected chi connectivity index (χ0v) is 9.05. The number of fused-ring (bicyclic) bond motifs is 1. The molecule has 0 radical (unpaired) electrons. The molecule has 2 aromatic rings. The van der Waals surface area contributed by atoms with Gasteiger partial charge in [0.2, 0.25) is 0 Å². The van der Waals surface area contributed by atoms with Crippen molar-refractivity contribution in [3.05, 3.63) is 39.6 Å². The Labute approximate surface area is 93.9 Å². The number of hydrogen-bond donors (Lipinski definition) is 0. The monoisotopic (exact) mass is 243 g/mol. The zero-order chi connectivity index (χ0) is 12.8. The lowest BCUT2D eigenvalue weighted by Crippen LogP contribution is -2.14. The summed E-state index contributed by atoms with van der Waals surface area (Å²) in [6.07, 6.45) is -4.76. The highest BCUT2D eigenvalue weighted by atomic mass is 19.4. The molecular weight excluding hydrogens is 235 g/mol. The third kappa shape index (κ3) is 1.90. The van der Waals surface area contributed by atoms with Crippen LogP contribution in [0.1, 0.15) is 17.0 Å². The summed E-state index contributed by atoms with van der Waals surface area (Å²) in [6.45, 7) is 3.35. The van der Waals surface area contributed by atoms with E-state index in [2.05, 4.69) is 9.40 Å². The molecule has 17 heavy (non-hydrogen) atoms. The van der Waals surface area contributed by atoms with E-state index in [1.165, 1.54) is 6.07 Å². The van der Waals surface area contributed by atoms with Crippen LogP contribution in [-0.2, 0) is 6.18 Å². The minimum atomic E-state index is -4.76. The molecular formula is C11H8F3NO2. The van der Waals surface area contributed by atoms with Crippen molar-refractivity contribution in [1.29, 1.82) is 0 Å². The average Bonchev–Trinajstić information content (AvgIpc) is 2.22. The fourth-order valence-electron chi connectivity index (χ4n) is 1.50. The lowest BCUT2D eigenvalue weighted by molar-refractivity contribution is -0.158. The Balaban J connectivity index is 2.89. The minimum absolute atomic E-state index is 0.0357. The molecule has 2 rings (SSSR count). The molecule has 0 bridgehead atoms. The number of alkyl halides is 3. The van der Waals surface area contributed by atoms with E-state index in [0.29, 0.717) is 5.56 Å². The van der Waals surface area contributed by atoms with Gasteiger partial charge >= 0.3 is 17.7 Å². The predicted molar refractivity (Wildman–Crippen MR) is 54.8 cm³/mol. The fraction of sp³-hybridized carbons (Fsp3) is 0.273. The van der Waals surface area contributed by atoms with Crippen LogP contribution in [0.4, 0.5) is 13.2 Å². The molecule has 0 unspecified atom stereocenters. The summed E-state index contributed by atoms with van der Waals surface area (Å²) < 4.78 is 41.5. The predicted octanol–water partition coefficient (Wildman–Crippen LogP) is 2.82. The SMILES string of the molecule is Cc1ccc2c(=O)oc(C(F)(F)F)nc2c1C. The van der Waals surface area contributed by atoms with Crippen molar-refractivity contribution in [3.63, 3.8) is 0 Å². The van der Waals surface area contributed by atoms with E-state index in [1.807, 2.05) is 0 Å². The molecule has 0 aliphatic carbocycles. The third-order valence-electron chi connectivity index (χ3n) is 2.57. The first-order chi connectivity index (χ1) is 7.80. The maximum absolute atomic E-state index is 12.4. The van der Waals surface area contributed by atoms with E-state index in [9.17, 15) is 18.0 Å². The highest BCUT2D eigenvalue weighted by Crippen LogP contribution is 2.28. The van der Waals surface area contributed by atoms with Crippen LogP contribution in [0.2, 0.25) is 0 Å². The Bertz CT molecular complexity index is 643. The molecule has 0 saturated carbocycles. The van der Waals surface area contributed by atoms with E-state index >= 15 is 0 Å². The van der Waals surface area contributed by atoms with Gasteiger partial charge in [-0.3, -0.25) is 0 Å². The van der Waals surface area contributed by atoms with Crippen LogP contribution in [0.25, 0.3) is 10.9 Å². The lowest BCUT2D eigenvalue weighted by Gasteiger charge is -2.07. The van der Waals surface area contributed by atoms with Crippen LogP contribution < -0.4 is 5.63 Å². The number of aryl methyl sites for hydroxylation is 2. The Morgan fingerprint density at radius 3 is 2.47 bits per heavy atom. The van der Waals surface area contributed by atoms with Gasteiger partial charge in [-0.15, -0.1) is 0 Å². The normalized spacial score (nSPS) is 12.1. The van der Waals surface area contributed by atoms with Gasteiger partial charge in [0, 0.05) is 0 Å². The second-order valence-corrected chi connectivity index (χ2v) is 3.71. The Morgan fingerprint density at radius 2 is 1.88 bits per heavy atom. The number of halogens is 3. The summed E-state index contributed by atoms with van der Waals surface area (Å²) in [6, 6.07) is 3.06. The maximum Gasteiger partial charge on any atom is 0.469 e. The van der Waals surface area contributed by atoms with Crippen molar-refractivity contribution >= 4 is 10.9 Å². The maximum atomic E-state index is 12.4. The Kier molecular flexibility index (Phi) is 2.45. The quantitative estimate of drug-likeness (QED) is 0.714. The Morgan fingerprint density at radius 1 is 1.24 bits per heavy atom. The van der Waals surface area contributed by atoms with E-state index in [1.54, 1.807) is 19.9 Å². The highest BCUT2D eigenvalue weighted by Gasteiger charge is 2.37. The number of rotatable bonds is 0. The van der Waals surface area contributed by atoms with E-state index < -0.39 is 17.7 Å². The second-order valence-electron chi connectivity index (χ2n) is 3.71. The topological polar surface area (TPSA) is 43.1 Å². The van der Waals surface area contributed by atoms with E-state index in [-0.39, 0.29) is 10.9 Å². The minimum Gasteiger partial charge on any atom is -0.398 e. The average molecular weight is 243 g/mol. The second kappa shape index (κ2) is 3.58. The smallest absolute Gasteiger partial charge is 0.398 e. The van der Waals surface area contributed by atoms with Gasteiger partial charge in [-0.25, -0.2) is 9.78 Å². The van der Waals surface area contributed by atoms with Crippen molar-refractivity contribution in [1.82, 2.24) is 4.98 Å². The zero-order valence-electron chi connectivity index (χ0n) is 9.05. The van der Waals surface area contributed by atoms with Crippen LogP contribution in [0.3, 0.4) is 0 Å². The summed E-state index contributed by atoms with van der Waals surface area (Å²) in [4.78, 5) is 14.8. The van der Waals surface area contributed by atoms with Crippen molar-refractivity contribution in [3.8, 4) is 0 Å².